The Kier molecular flexibility index (Phi) is 7.91. The Morgan fingerprint density at radius 1 is 1.21 bits per heavy atom. The highest BCUT2D eigenvalue weighted by atomic mass is 16.5. The second-order valence-corrected chi connectivity index (χ2v) is 4.72. The van der Waals surface area contributed by atoms with Crippen LogP contribution in [-0.2, 0) is 11.2 Å². The van der Waals surface area contributed by atoms with Gasteiger partial charge in [-0.15, -0.1) is 0 Å². The van der Waals surface area contributed by atoms with Crippen LogP contribution in [0.3, 0.4) is 0 Å². The van der Waals surface area contributed by atoms with E-state index in [9.17, 15) is 4.79 Å². The average Bonchev–Trinajstić information content (AvgIpc) is 2.44. The van der Waals surface area contributed by atoms with Crippen LogP contribution in [0, 0.1) is 0 Å². The first-order valence-electron chi connectivity index (χ1n) is 7.15. The van der Waals surface area contributed by atoms with Crippen molar-refractivity contribution < 1.29 is 14.6 Å². The number of ether oxygens (including phenoxy) is 1. The highest BCUT2D eigenvalue weighted by molar-refractivity contribution is 5.89. The quantitative estimate of drug-likeness (QED) is 0.549. The number of carbonyl (C=O) groups is 1. The van der Waals surface area contributed by atoms with Crippen molar-refractivity contribution in [1.29, 1.82) is 0 Å². The highest BCUT2D eigenvalue weighted by Gasteiger charge is 2.07. The Labute approximate surface area is 115 Å². The summed E-state index contributed by atoms with van der Waals surface area (Å²) in [5, 5.41) is 8.75. The first-order chi connectivity index (χ1) is 9.27. The number of rotatable bonds is 9. The van der Waals surface area contributed by atoms with Crippen LogP contribution in [0.4, 0.5) is 0 Å². The molecule has 3 nitrogen and oxygen atoms in total. The minimum absolute atomic E-state index is 0.221. The van der Waals surface area contributed by atoms with Crippen molar-refractivity contribution in [1.82, 2.24) is 0 Å². The minimum Gasteiger partial charge on any atom is -0.462 e. The van der Waals surface area contributed by atoms with E-state index in [2.05, 4.69) is 6.92 Å². The van der Waals surface area contributed by atoms with E-state index < -0.39 is 0 Å². The highest BCUT2D eigenvalue weighted by Crippen LogP contribution is 2.10. The summed E-state index contributed by atoms with van der Waals surface area (Å²) < 4.78 is 5.23. The number of benzene rings is 1. The van der Waals surface area contributed by atoms with E-state index in [1.807, 2.05) is 18.2 Å². The summed E-state index contributed by atoms with van der Waals surface area (Å²) in [5.41, 5.74) is 1.74. The van der Waals surface area contributed by atoms with Gasteiger partial charge in [0, 0.05) is 6.61 Å². The van der Waals surface area contributed by atoms with Crippen LogP contribution in [0.25, 0.3) is 0 Å². The third-order valence-electron chi connectivity index (χ3n) is 3.02. The zero-order valence-electron chi connectivity index (χ0n) is 11.7. The molecule has 0 aliphatic rings. The van der Waals surface area contributed by atoms with E-state index in [1.165, 1.54) is 0 Å². The molecule has 0 aliphatic heterocycles. The molecule has 0 amide bonds. The maximum absolute atomic E-state index is 11.8. The van der Waals surface area contributed by atoms with Crippen LogP contribution < -0.4 is 0 Å². The number of hydrogen-bond acceptors (Lipinski definition) is 3. The van der Waals surface area contributed by atoms with Crippen molar-refractivity contribution in [2.45, 2.75) is 45.4 Å². The van der Waals surface area contributed by atoms with Crippen molar-refractivity contribution in [2.75, 3.05) is 13.2 Å². The summed E-state index contributed by atoms with van der Waals surface area (Å²) >= 11 is 0. The van der Waals surface area contributed by atoms with Crippen molar-refractivity contribution >= 4 is 5.97 Å². The van der Waals surface area contributed by atoms with Crippen LogP contribution in [0.1, 0.15) is 54.9 Å². The molecule has 0 saturated carbocycles. The number of aliphatic hydroxyl groups excluding tert-OH is 1. The summed E-state index contributed by atoms with van der Waals surface area (Å²) in [5.74, 6) is -0.236. The molecule has 0 saturated heterocycles. The summed E-state index contributed by atoms with van der Waals surface area (Å²) in [6.07, 6.45) is 5.76. The summed E-state index contributed by atoms with van der Waals surface area (Å²) in [6.45, 7) is 2.85. The zero-order valence-corrected chi connectivity index (χ0v) is 11.7. The molecule has 0 fully saturated rings. The van der Waals surface area contributed by atoms with E-state index in [-0.39, 0.29) is 12.6 Å². The molecule has 0 bridgehead atoms. The maximum Gasteiger partial charge on any atom is 0.338 e. The SMILES string of the molecule is CCCCCOC(=O)c1cccc(CCCCO)c1. The van der Waals surface area contributed by atoms with Gasteiger partial charge in [0.1, 0.15) is 0 Å². The fourth-order valence-electron chi connectivity index (χ4n) is 1.89. The van der Waals surface area contributed by atoms with Crippen LogP contribution in [0.15, 0.2) is 24.3 Å². The fourth-order valence-corrected chi connectivity index (χ4v) is 1.89. The van der Waals surface area contributed by atoms with Gasteiger partial charge in [0.2, 0.25) is 0 Å². The van der Waals surface area contributed by atoms with Gasteiger partial charge in [-0.2, -0.15) is 0 Å². The second-order valence-electron chi connectivity index (χ2n) is 4.72. The molecule has 0 unspecified atom stereocenters. The fraction of sp³-hybridized carbons (Fsp3) is 0.562. The van der Waals surface area contributed by atoms with Crippen molar-refractivity contribution in [3.63, 3.8) is 0 Å². The second kappa shape index (κ2) is 9.56. The molecule has 0 spiro atoms. The predicted octanol–water partition coefficient (Wildman–Crippen LogP) is 3.35. The van der Waals surface area contributed by atoms with E-state index in [1.54, 1.807) is 6.07 Å². The molecule has 0 aliphatic carbocycles. The topological polar surface area (TPSA) is 46.5 Å². The van der Waals surface area contributed by atoms with Crippen LogP contribution in [0.2, 0.25) is 0 Å². The minimum atomic E-state index is -0.236. The van der Waals surface area contributed by atoms with Crippen LogP contribution >= 0.6 is 0 Å². The third kappa shape index (κ3) is 6.39. The lowest BCUT2D eigenvalue weighted by atomic mass is 10.1. The van der Waals surface area contributed by atoms with Gasteiger partial charge in [-0.05, 0) is 43.4 Å². The average molecular weight is 264 g/mol. The van der Waals surface area contributed by atoms with Gasteiger partial charge < -0.3 is 9.84 Å². The Hall–Kier alpha value is -1.35. The number of unbranched alkanes of at least 4 members (excludes halogenated alkanes) is 3. The van der Waals surface area contributed by atoms with Gasteiger partial charge in [-0.1, -0.05) is 31.9 Å². The van der Waals surface area contributed by atoms with Crippen molar-refractivity contribution in [3.05, 3.63) is 35.4 Å². The molecule has 1 aromatic carbocycles. The number of aryl methyl sites for hydroxylation is 1. The molecule has 106 valence electrons. The molecular formula is C16H24O3. The Morgan fingerprint density at radius 2 is 2.05 bits per heavy atom. The number of esters is 1. The first kappa shape index (κ1) is 15.7. The van der Waals surface area contributed by atoms with Crippen LogP contribution in [0.5, 0.6) is 0 Å². The number of carbonyl (C=O) groups excluding carboxylic acids is 1. The number of aliphatic hydroxyl groups is 1. The van der Waals surface area contributed by atoms with Gasteiger partial charge >= 0.3 is 5.97 Å². The maximum atomic E-state index is 11.8. The summed E-state index contributed by atoms with van der Waals surface area (Å²) in [6, 6.07) is 7.57. The van der Waals surface area contributed by atoms with Gasteiger partial charge in [-0.3, -0.25) is 0 Å². The zero-order chi connectivity index (χ0) is 13.9. The van der Waals surface area contributed by atoms with Gasteiger partial charge in [0.15, 0.2) is 0 Å². The van der Waals surface area contributed by atoms with E-state index in [4.69, 9.17) is 9.84 Å². The molecule has 0 radical (unpaired) electrons. The molecule has 0 aromatic heterocycles. The Morgan fingerprint density at radius 3 is 2.79 bits per heavy atom. The van der Waals surface area contributed by atoms with E-state index in [0.29, 0.717) is 12.2 Å². The first-order valence-corrected chi connectivity index (χ1v) is 7.15. The van der Waals surface area contributed by atoms with Crippen molar-refractivity contribution in [3.8, 4) is 0 Å². The largest absolute Gasteiger partial charge is 0.462 e. The summed E-state index contributed by atoms with van der Waals surface area (Å²) in [7, 11) is 0. The van der Waals surface area contributed by atoms with E-state index in [0.717, 1.165) is 44.1 Å². The van der Waals surface area contributed by atoms with E-state index >= 15 is 0 Å². The molecule has 19 heavy (non-hydrogen) atoms. The smallest absolute Gasteiger partial charge is 0.338 e. The molecular weight excluding hydrogens is 240 g/mol. The Balaban J connectivity index is 2.43. The normalized spacial score (nSPS) is 10.4. The molecule has 1 aromatic rings. The molecule has 0 atom stereocenters. The lowest BCUT2D eigenvalue weighted by Crippen LogP contribution is -2.07. The molecule has 3 heteroatoms. The molecule has 1 rings (SSSR count). The van der Waals surface area contributed by atoms with Crippen LogP contribution in [-0.4, -0.2) is 24.3 Å². The monoisotopic (exact) mass is 264 g/mol. The van der Waals surface area contributed by atoms with Gasteiger partial charge in [0.25, 0.3) is 0 Å². The predicted molar refractivity (Wildman–Crippen MR) is 76.3 cm³/mol. The lowest BCUT2D eigenvalue weighted by molar-refractivity contribution is 0.0498. The standard InChI is InChI=1S/C16H24O3/c1-2-3-6-12-19-16(18)15-10-7-9-14(13-15)8-4-5-11-17/h7,9-10,13,17H,2-6,8,11-12H2,1H3. The summed E-state index contributed by atoms with van der Waals surface area (Å²) in [4.78, 5) is 11.8. The Bertz CT molecular complexity index is 374. The third-order valence-corrected chi connectivity index (χ3v) is 3.02. The van der Waals surface area contributed by atoms with Crippen molar-refractivity contribution in [2.24, 2.45) is 0 Å². The molecule has 1 N–H and O–H groups in total. The number of hydrogen-bond donors (Lipinski definition) is 1. The molecule has 0 heterocycles. The lowest BCUT2D eigenvalue weighted by Gasteiger charge is -2.06. The van der Waals surface area contributed by atoms with Gasteiger partial charge in [-0.25, -0.2) is 4.79 Å². The van der Waals surface area contributed by atoms with Gasteiger partial charge in [0.05, 0.1) is 12.2 Å².